The fourth-order valence-corrected chi connectivity index (χ4v) is 5.38. The van der Waals surface area contributed by atoms with Crippen LogP contribution in [0.4, 0.5) is 13.2 Å². The molecule has 0 spiro atoms. The van der Waals surface area contributed by atoms with Gasteiger partial charge in [0, 0.05) is 27.1 Å². The molecule has 0 heterocycles. The lowest BCUT2D eigenvalue weighted by Gasteiger charge is -2.17. The molecule has 9 heteroatoms. The van der Waals surface area contributed by atoms with E-state index < -0.39 is 12.4 Å². The van der Waals surface area contributed by atoms with Crippen molar-refractivity contribution in [3.63, 3.8) is 0 Å². The van der Waals surface area contributed by atoms with Crippen LogP contribution in [-0.4, -0.2) is 12.3 Å². The van der Waals surface area contributed by atoms with Gasteiger partial charge in [-0.3, -0.25) is 4.79 Å². The zero-order chi connectivity index (χ0) is 27.0. The molecule has 3 N–H and O–H groups in total. The molecular weight excluding hydrogens is 613 g/mol. The lowest BCUT2D eigenvalue weighted by molar-refractivity contribution is -0.274. The second-order valence-electron chi connectivity index (χ2n) is 8.80. The van der Waals surface area contributed by atoms with Crippen LogP contribution in [0.3, 0.4) is 0 Å². The molecule has 1 unspecified atom stereocenters. The number of halogens is 5. The van der Waals surface area contributed by atoms with E-state index in [1.165, 1.54) is 49.1 Å². The molecule has 0 aliphatic heterocycles. The average molecular weight is 642 g/mol. The molecule has 0 bridgehead atoms. The van der Waals surface area contributed by atoms with E-state index >= 15 is 0 Å². The minimum Gasteiger partial charge on any atom is -0.406 e. The highest BCUT2D eigenvalue weighted by Gasteiger charge is 2.31. The van der Waals surface area contributed by atoms with Crippen molar-refractivity contribution in [3.05, 3.63) is 97.4 Å². The Morgan fingerprint density at radius 3 is 2.14 bits per heavy atom. The van der Waals surface area contributed by atoms with Gasteiger partial charge in [-0.1, -0.05) is 88.0 Å². The first-order valence-corrected chi connectivity index (χ1v) is 13.6. The van der Waals surface area contributed by atoms with Gasteiger partial charge >= 0.3 is 6.36 Å². The molecule has 4 nitrogen and oxygen atoms in total. The minimum atomic E-state index is -4.74. The summed E-state index contributed by atoms with van der Waals surface area (Å²) in [6, 6.07) is 16.8. The number of nitrogens with one attached hydrogen (secondary N) is 1. The van der Waals surface area contributed by atoms with E-state index in [0.29, 0.717) is 33.0 Å². The van der Waals surface area contributed by atoms with Gasteiger partial charge in [0.2, 0.25) is 0 Å². The lowest BCUT2D eigenvalue weighted by Crippen LogP contribution is -2.23. The zero-order valence-electron chi connectivity index (χ0n) is 20.4. The van der Waals surface area contributed by atoms with Gasteiger partial charge in [-0.25, -0.2) is 0 Å². The van der Waals surface area contributed by atoms with E-state index in [1.54, 1.807) is 12.1 Å². The maximum atomic E-state index is 12.8. The van der Waals surface area contributed by atoms with E-state index in [1.807, 2.05) is 12.1 Å². The van der Waals surface area contributed by atoms with E-state index in [-0.39, 0.29) is 11.7 Å². The third-order valence-electron chi connectivity index (χ3n) is 5.91. The Kier molecular flexibility index (Phi) is 10.6. The number of benzene rings is 3. The van der Waals surface area contributed by atoms with Crippen molar-refractivity contribution in [3.8, 4) is 5.75 Å². The number of hydrogen-bond acceptors (Lipinski definition) is 3. The molecular formula is C28H29Br2F3N2O2. The molecule has 0 saturated heterocycles. The highest BCUT2D eigenvalue weighted by atomic mass is 79.9. The van der Waals surface area contributed by atoms with Crippen LogP contribution in [0.2, 0.25) is 0 Å². The first-order chi connectivity index (χ1) is 17.6. The molecule has 3 aromatic carbocycles. The van der Waals surface area contributed by atoms with Crippen LogP contribution in [0.1, 0.15) is 64.8 Å². The highest BCUT2D eigenvalue weighted by Crippen LogP contribution is 2.32. The van der Waals surface area contributed by atoms with E-state index in [9.17, 15) is 18.0 Å². The predicted octanol–water partition coefficient (Wildman–Crippen LogP) is 8.02. The van der Waals surface area contributed by atoms with Gasteiger partial charge in [-0.05, 0) is 65.8 Å². The Bertz CT molecular complexity index is 1160. The minimum absolute atomic E-state index is 0.204. The Morgan fingerprint density at radius 1 is 0.973 bits per heavy atom. The second kappa shape index (κ2) is 13.4. The van der Waals surface area contributed by atoms with Crippen molar-refractivity contribution in [1.82, 2.24) is 5.32 Å². The first kappa shape index (κ1) is 29.2. The smallest absolute Gasteiger partial charge is 0.406 e. The molecule has 37 heavy (non-hydrogen) atoms. The number of nitrogens with two attached hydrogens (primary N) is 1. The monoisotopic (exact) mass is 640 g/mol. The Hall–Kier alpha value is -2.36. The molecule has 3 aromatic rings. The summed E-state index contributed by atoms with van der Waals surface area (Å²) in [5.74, 6) is -0.506. The van der Waals surface area contributed by atoms with Gasteiger partial charge in [-0.2, -0.15) is 0 Å². The maximum Gasteiger partial charge on any atom is 0.573 e. The quantitative estimate of drug-likeness (QED) is 0.209. The van der Waals surface area contributed by atoms with Crippen LogP contribution < -0.4 is 15.8 Å². The van der Waals surface area contributed by atoms with Crippen LogP contribution >= 0.6 is 31.9 Å². The summed E-state index contributed by atoms with van der Waals surface area (Å²) in [7, 11) is 0. The Morgan fingerprint density at radius 2 is 1.57 bits per heavy atom. The molecule has 0 aliphatic rings. The van der Waals surface area contributed by atoms with Crippen molar-refractivity contribution in [2.24, 2.45) is 5.73 Å². The number of carbonyl (C=O) groups is 1. The number of carbonyl (C=O) groups excluding carboxylic acids is 1. The number of alkyl halides is 3. The number of unbranched alkanes of at least 4 members (excludes halogenated alkanes) is 2. The van der Waals surface area contributed by atoms with Crippen molar-refractivity contribution in [2.45, 2.75) is 58.0 Å². The van der Waals surface area contributed by atoms with Gasteiger partial charge < -0.3 is 15.8 Å². The Balaban J connectivity index is 1.59. The molecule has 1 atom stereocenters. The van der Waals surface area contributed by atoms with Crippen molar-refractivity contribution in [1.29, 1.82) is 0 Å². The van der Waals surface area contributed by atoms with Gasteiger partial charge in [0.15, 0.2) is 0 Å². The molecule has 0 fully saturated rings. The number of ether oxygens (including phenoxy) is 1. The first-order valence-electron chi connectivity index (χ1n) is 12.0. The van der Waals surface area contributed by atoms with Gasteiger partial charge in [0.25, 0.3) is 5.91 Å². The molecule has 0 radical (unpaired) electrons. The Labute approximate surface area is 232 Å². The number of aryl methyl sites for hydroxylation is 1. The van der Waals surface area contributed by atoms with Crippen LogP contribution in [0, 0.1) is 0 Å². The number of hydrogen-bond donors (Lipinski definition) is 2. The maximum absolute atomic E-state index is 12.8. The van der Waals surface area contributed by atoms with E-state index in [2.05, 4.69) is 61.0 Å². The van der Waals surface area contributed by atoms with Crippen molar-refractivity contribution in [2.75, 3.05) is 0 Å². The summed E-state index contributed by atoms with van der Waals surface area (Å²) >= 11 is 7.06. The largest absolute Gasteiger partial charge is 0.573 e. The van der Waals surface area contributed by atoms with Crippen molar-refractivity contribution >= 4 is 37.8 Å². The van der Waals surface area contributed by atoms with Gasteiger partial charge in [0.1, 0.15) is 5.75 Å². The third-order valence-corrected chi connectivity index (χ3v) is 7.33. The standard InChI is InChI=1S/C28H29Br2F3N2O2/c1-2-3-4-5-18-6-8-19(9-7-18)17-35-27(36)21-14-24(29)23(25(30)15-21)16-26(34)20-10-12-22(13-11-20)37-28(31,32)33/h6-15,26H,2-5,16-17,34H2,1H3,(H,35,36). The fourth-order valence-electron chi connectivity index (χ4n) is 3.87. The summed E-state index contributed by atoms with van der Waals surface area (Å²) in [5.41, 5.74) is 10.6. The molecule has 0 aliphatic carbocycles. The summed E-state index contributed by atoms with van der Waals surface area (Å²) in [6.45, 7) is 2.61. The molecule has 3 rings (SSSR count). The summed E-state index contributed by atoms with van der Waals surface area (Å²) in [4.78, 5) is 12.8. The summed E-state index contributed by atoms with van der Waals surface area (Å²) in [6.07, 6.45) is 0.319. The van der Waals surface area contributed by atoms with Crippen LogP contribution in [-0.2, 0) is 19.4 Å². The zero-order valence-corrected chi connectivity index (χ0v) is 23.5. The average Bonchev–Trinajstić information content (AvgIpc) is 2.85. The van der Waals surface area contributed by atoms with E-state index in [0.717, 1.165) is 17.5 Å². The van der Waals surface area contributed by atoms with Crippen LogP contribution in [0.5, 0.6) is 5.75 Å². The van der Waals surface area contributed by atoms with Gasteiger partial charge in [0.05, 0.1) is 0 Å². The molecule has 0 saturated carbocycles. The fraction of sp³-hybridized carbons (Fsp3) is 0.321. The van der Waals surface area contributed by atoms with Crippen LogP contribution in [0.15, 0.2) is 69.6 Å². The lowest BCUT2D eigenvalue weighted by atomic mass is 9.98. The molecule has 198 valence electrons. The van der Waals surface area contributed by atoms with Gasteiger partial charge in [-0.15, -0.1) is 13.2 Å². The summed E-state index contributed by atoms with van der Waals surface area (Å²) < 4.78 is 42.4. The second-order valence-corrected chi connectivity index (χ2v) is 10.5. The highest BCUT2D eigenvalue weighted by molar-refractivity contribution is 9.11. The third kappa shape index (κ3) is 9.16. The molecule has 1 amide bonds. The normalized spacial score (nSPS) is 12.3. The number of rotatable bonds is 11. The van der Waals surface area contributed by atoms with Crippen molar-refractivity contribution < 1.29 is 22.7 Å². The predicted molar refractivity (Wildman–Crippen MR) is 146 cm³/mol. The SMILES string of the molecule is CCCCCc1ccc(CNC(=O)c2cc(Br)c(CC(N)c3ccc(OC(F)(F)F)cc3)c(Br)c2)cc1. The van der Waals surface area contributed by atoms with Crippen LogP contribution in [0.25, 0.3) is 0 Å². The topological polar surface area (TPSA) is 64.4 Å². The summed E-state index contributed by atoms with van der Waals surface area (Å²) in [5, 5.41) is 2.95. The van der Waals surface area contributed by atoms with E-state index in [4.69, 9.17) is 5.73 Å². The number of amides is 1. The molecule has 0 aromatic heterocycles.